The molecule has 1 N–H and O–H groups in total. The highest BCUT2D eigenvalue weighted by Crippen LogP contribution is 2.31. The normalized spacial score (nSPS) is 18.1. The number of nitriles is 1. The number of hydrogen-bond donors (Lipinski definition) is 1. The topological polar surface area (TPSA) is 69.0 Å². The van der Waals surface area contributed by atoms with Crippen molar-refractivity contribution in [1.82, 2.24) is 10.3 Å². The van der Waals surface area contributed by atoms with E-state index in [0.29, 0.717) is 11.7 Å². The molecule has 1 amide bonds. The molecule has 0 bridgehead atoms. The van der Waals surface area contributed by atoms with Gasteiger partial charge in [0.25, 0.3) is 0 Å². The van der Waals surface area contributed by atoms with E-state index >= 15 is 0 Å². The van der Waals surface area contributed by atoms with Gasteiger partial charge < -0.3 is 5.32 Å². The number of hydrogen-bond acceptors (Lipinski definition) is 5. The molecule has 20 heavy (non-hydrogen) atoms. The summed E-state index contributed by atoms with van der Waals surface area (Å²) >= 11 is 1.38. The van der Waals surface area contributed by atoms with Crippen LogP contribution in [0.1, 0.15) is 12.0 Å². The van der Waals surface area contributed by atoms with E-state index < -0.39 is 0 Å². The van der Waals surface area contributed by atoms with Crippen LogP contribution in [0.25, 0.3) is 10.2 Å². The number of nitrogens with zero attached hydrogens (tertiary/aromatic N) is 3. The fraction of sp³-hybridized carbons (Fsp3) is 0.357. The summed E-state index contributed by atoms with van der Waals surface area (Å²) in [6.07, 6.45) is 2.76. The molecule has 0 saturated carbocycles. The van der Waals surface area contributed by atoms with Crippen LogP contribution in [0, 0.1) is 24.3 Å². The van der Waals surface area contributed by atoms with E-state index in [9.17, 15) is 10.1 Å². The predicted molar refractivity (Wildman–Crippen MR) is 78.4 cm³/mol. The third-order valence-corrected chi connectivity index (χ3v) is 4.54. The van der Waals surface area contributed by atoms with Crippen molar-refractivity contribution in [2.75, 3.05) is 18.0 Å². The number of carbonyl (C=O) groups excluding carboxylic acids is 1. The molecule has 0 radical (unpaired) electrons. The van der Waals surface area contributed by atoms with E-state index in [0.717, 1.165) is 33.6 Å². The Morgan fingerprint density at radius 1 is 1.60 bits per heavy atom. The number of fused-ring (bicyclic) bond motifs is 1. The Labute approximate surface area is 120 Å². The Kier molecular flexibility index (Phi) is 3.38. The first kappa shape index (κ1) is 13.0. The molecule has 1 aliphatic heterocycles. The van der Waals surface area contributed by atoms with Gasteiger partial charge in [-0.1, -0.05) is 23.5 Å². The van der Waals surface area contributed by atoms with Crippen LogP contribution >= 0.6 is 11.3 Å². The van der Waals surface area contributed by atoms with E-state index in [4.69, 9.17) is 0 Å². The van der Waals surface area contributed by atoms with Gasteiger partial charge in [0, 0.05) is 6.54 Å². The summed E-state index contributed by atoms with van der Waals surface area (Å²) in [5.41, 5.74) is 1.92. The number of aryl methyl sites for hydroxylation is 1. The number of amides is 1. The smallest absolute Gasteiger partial charge is 0.246 e. The van der Waals surface area contributed by atoms with Gasteiger partial charge in [0.15, 0.2) is 6.19 Å². The summed E-state index contributed by atoms with van der Waals surface area (Å²) in [7, 11) is 0. The summed E-state index contributed by atoms with van der Waals surface area (Å²) in [6, 6.07) is 5.89. The lowest BCUT2D eigenvalue weighted by Gasteiger charge is -2.14. The summed E-state index contributed by atoms with van der Waals surface area (Å²) in [5.74, 6) is -0.281. The molecule has 1 fully saturated rings. The van der Waals surface area contributed by atoms with E-state index in [1.54, 1.807) is 0 Å². The maximum Gasteiger partial charge on any atom is 0.246 e. The van der Waals surface area contributed by atoms with Crippen LogP contribution in [0.3, 0.4) is 0 Å². The van der Waals surface area contributed by atoms with E-state index in [1.807, 2.05) is 31.3 Å². The fourth-order valence-corrected chi connectivity index (χ4v) is 3.41. The third-order valence-electron chi connectivity index (χ3n) is 3.53. The Bertz CT molecular complexity index is 697. The van der Waals surface area contributed by atoms with E-state index in [-0.39, 0.29) is 11.8 Å². The molecule has 5 nitrogen and oxygen atoms in total. The molecule has 3 rings (SSSR count). The van der Waals surface area contributed by atoms with Crippen molar-refractivity contribution in [1.29, 1.82) is 5.26 Å². The van der Waals surface area contributed by atoms with Crippen molar-refractivity contribution in [2.24, 2.45) is 5.92 Å². The minimum Gasteiger partial charge on any atom is -0.316 e. The van der Waals surface area contributed by atoms with Crippen molar-refractivity contribution in [2.45, 2.75) is 13.3 Å². The maximum absolute atomic E-state index is 12.4. The summed E-state index contributed by atoms with van der Waals surface area (Å²) < 4.78 is 0.998. The second-order valence-electron chi connectivity index (χ2n) is 4.88. The molecule has 102 valence electrons. The van der Waals surface area contributed by atoms with Gasteiger partial charge >= 0.3 is 0 Å². The lowest BCUT2D eigenvalue weighted by Crippen LogP contribution is -2.33. The van der Waals surface area contributed by atoms with Crippen LogP contribution < -0.4 is 10.2 Å². The number of rotatable bonds is 2. The number of benzene rings is 1. The van der Waals surface area contributed by atoms with Gasteiger partial charge in [-0.3, -0.25) is 4.79 Å². The van der Waals surface area contributed by atoms with E-state index in [2.05, 4.69) is 10.3 Å². The average molecular weight is 286 g/mol. The van der Waals surface area contributed by atoms with Crippen molar-refractivity contribution in [3.63, 3.8) is 0 Å². The first-order valence-corrected chi connectivity index (χ1v) is 7.33. The highest BCUT2D eigenvalue weighted by Gasteiger charge is 2.30. The van der Waals surface area contributed by atoms with Crippen molar-refractivity contribution < 1.29 is 4.79 Å². The number of anilines is 1. The molecule has 6 heteroatoms. The fourth-order valence-electron chi connectivity index (χ4n) is 2.40. The van der Waals surface area contributed by atoms with Gasteiger partial charge in [0.2, 0.25) is 11.0 Å². The summed E-state index contributed by atoms with van der Waals surface area (Å²) in [5, 5.41) is 12.9. The lowest BCUT2D eigenvalue weighted by atomic mass is 10.1. The van der Waals surface area contributed by atoms with Crippen LogP contribution in [-0.4, -0.2) is 24.0 Å². The minimum atomic E-state index is -0.158. The van der Waals surface area contributed by atoms with Gasteiger partial charge in [0.05, 0.1) is 16.1 Å². The van der Waals surface area contributed by atoms with Crippen molar-refractivity contribution in [3.8, 4) is 6.19 Å². The molecular formula is C14H14N4OS. The number of thiazole rings is 1. The molecule has 1 aliphatic rings. The predicted octanol–water partition coefficient (Wildman–Crippen LogP) is 2.03. The van der Waals surface area contributed by atoms with Gasteiger partial charge in [-0.2, -0.15) is 10.2 Å². The first-order chi connectivity index (χ1) is 9.70. The van der Waals surface area contributed by atoms with Crippen LogP contribution in [0.5, 0.6) is 0 Å². The number of carbonyl (C=O) groups is 1. The van der Waals surface area contributed by atoms with Crippen LogP contribution in [0.15, 0.2) is 18.2 Å². The number of nitrogens with one attached hydrogen (secondary N) is 1. The molecular weight excluding hydrogens is 272 g/mol. The first-order valence-electron chi connectivity index (χ1n) is 6.51. The van der Waals surface area contributed by atoms with E-state index in [1.165, 1.54) is 11.3 Å². The molecule has 0 spiro atoms. The quantitative estimate of drug-likeness (QED) is 0.677. The lowest BCUT2D eigenvalue weighted by molar-refractivity contribution is -0.121. The summed E-state index contributed by atoms with van der Waals surface area (Å²) in [4.78, 5) is 18.0. The molecule has 0 unspecified atom stereocenters. The highest BCUT2D eigenvalue weighted by atomic mass is 32.1. The van der Waals surface area contributed by atoms with Crippen molar-refractivity contribution >= 4 is 32.6 Å². The third kappa shape index (κ3) is 2.15. The standard InChI is InChI=1S/C14H14N4OS/c1-9-3-2-4-11-12(9)17-14(20-11)18(8-15)13(19)10-5-6-16-7-10/h2-4,10,16H,5-7H2,1H3/t10-/m0/s1. The Morgan fingerprint density at radius 3 is 3.10 bits per heavy atom. The second kappa shape index (κ2) is 5.19. The van der Waals surface area contributed by atoms with Gasteiger partial charge in [-0.15, -0.1) is 0 Å². The molecule has 0 aliphatic carbocycles. The minimum absolute atomic E-state index is 0.122. The zero-order chi connectivity index (χ0) is 14.1. The zero-order valence-electron chi connectivity index (χ0n) is 11.1. The maximum atomic E-state index is 12.4. The number of para-hydroxylation sites is 1. The monoisotopic (exact) mass is 286 g/mol. The molecule has 1 atom stereocenters. The molecule has 2 aromatic rings. The molecule has 1 saturated heterocycles. The van der Waals surface area contributed by atoms with Crippen LogP contribution in [0.4, 0.5) is 5.13 Å². The molecule has 1 aromatic carbocycles. The Morgan fingerprint density at radius 2 is 2.45 bits per heavy atom. The second-order valence-corrected chi connectivity index (χ2v) is 5.89. The highest BCUT2D eigenvalue weighted by molar-refractivity contribution is 7.22. The van der Waals surface area contributed by atoms with Crippen molar-refractivity contribution in [3.05, 3.63) is 23.8 Å². The zero-order valence-corrected chi connectivity index (χ0v) is 11.9. The largest absolute Gasteiger partial charge is 0.316 e. The Hall–Kier alpha value is -1.97. The van der Waals surface area contributed by atoms with Gasteiger partial charge in [-0.05, 0) is 31.5 Å². The average Bonchev–Trinajstić information content (AvgIpc) is 3.08. The number of aromatic nitrogens is 1. The van der Waals surface area contributed by atoms with Crippen LogP contribution in [0.2, 0.25) is 0 Å². The molecule has 1 aromatic heterocycles. The van der Waals surface area contributed by atoms with Crippen LogP contribution in [-0.2, 0) is 4.79 Å². The van der Waals surface area contributed by atoms with Gasteiger partial charge in [-0.25, -0.2) is 4.98 Å². The Balaban J connectivity index is 1.97. The van der Waals surface area contributed by atoms with Gasteiger partial charge in [0.1, 0.15) is 0 Å². The summed E-state index contributed by atoms with van der Waals surface area (Å²) in [6.45, 7) is 3.45. The molecule has 2 heterocycles. The SMILES string of the molecule is Cc1cccc2sc(N(C#N)C(=O)[C@H]3CCNC3)nc12.